The summed E-state index contributed by atoms with van der Waals surface area (Å²) >= 11 is 0. The molecule has 0 aliphatic rings. The van der Waals surface area contributed by atoms with Crippen molar-refractivity contribution in [1.29, 1.82) is 0 Å². The molecule has 1 aromatic carbocycles. The van der Waals surface area contributed by atoms with Gasteiger partial charge in [-0.1, -0.05) is 37.3 Å². The average molecular weight is 259 g/mol. The van der Waals surface area contributed by atoms with E-state index in [0.717, 1.165) is 25.3 Å². The zero-order valence-corrected chi connectivity index (χ0v) is 11.4. The molecule has 0 saturated heterocycles. The van der Waals surface area contributed by atoms with Crippen molar-refractivity contribution < 1.29 is 4.74 Å². The summed E-state index contributed by atoms with van der Waals surface area (Å²) in [7, 11) is 0. The maximum Gasteiger partial charge on any atom is 0.124 e. The largest absolute Gasteiger partial charge is 0.356 e. The van der Waals surface area contributed by atoms with Crippen LogP contribution in [-0.4, -0.2) is 16.1 Å². The van der Waals surface area contributed by atoms with Crippen molar-refractivity contribution in [3.05, 3.63) is 54.1 Å². The second kappa shape index (κ2) is 7.71. The van der Waals surface area contributed by atoms with Crippen molar-refractivity contribution >= 4 is 0 Å². The topological polar surface area (TPSA) is 39.1 Å². The Kier molecular flexibility index (Phi) is 5.59. The predicted molar refractivity (Wildman–Crippen MR) is 75.5 cm³/mol. The van der Waals surface area contributed by atoms with Gasteiger partial charge in [0.1, 0.15) is 12.6 Å². The number of rotatable bonds is 8. The average Bonchev–Trinajstić information content (AvgIpc) is 2.88. The second-order valence-electron chi connectivity index (χ2n) is 4.45. The lowest BCUT2D eigenvalue weighted by Gasteiger charge is -2.09. The van der Waals surface area contributed by atoms with Crippen LogP contribution in [0.3, 0.4) is 0 Å². The minimum atomic E-state index is 0.540. The Morgan fingerprint density at radius 1 is 1.26 bits per heavy atom. The molecule has 4 nitrogen and oxygen atoms in total. The molecule has 0 spiro atoms. The normalized spacial score (nSPS) is 10.8. The molecule has 0 bridgehead atoms. The lowest BCUT2D eigenvalue weighted by Crippen LogP contribution is -2.18. The number of nitrogens with zero attached hydrogens (tertiary/aromatic N) is 2. The zero-order valence-electron chi connectivity index (χ0n) is 11.4. The minimum Gasteiger partial charge on any atom is -0.356 e. The second-order valence-corrected chi connectivity index (χ2v) is 4.45. The predicted octanol–water partition coefficient (Wildman–Crippen LogP) is 2.56. The van der Waals surface area contributed by atoms with Gasteiger partial charge in [0.25, 0.3) is 0 Å². The molecule has 1 N–H and O–H groups in total. The highest BCUT2D eigenvalue weighted by Gasteiger charge is 2.02. The van der Waals surface area contributed by atoms with E-state index in [2.05, 4.69) is 29.4 Å². The first-order valence-electron chi connectivity index (χ1n) is 6.72. The van der Waals surface area contributed by atoms with E-state index in [0.29, 0.717) is 13.3 Å². The fourth-order valence-corrected chi connectivity index (χ4v) is 1.84. The van der Waals surface area contributed by atoms with Crippen molar-refractivity contribution in [3.63, 3.8) is 0 Å². The molecule has 0 unspecified atom stereocenters. The molecule has 19 heavy (non-hydrogen) atoms. The monoisotopic (exact) mass is 259 g/mol. The first kappa shape index (κ1) is 13.8. The molecule has 0 amide bonds. The third kappa shape index (κ3) is 4.50. The molecular weight excluding hydrogens is 238 g/mol. The summed E-state index contributed by atoms with van der Waals surface area (Å²) in [5.74, 6) is 1.02. The molecule has 1 aromatic heterocycles. The van der Waals surface area contributed by atoms with Gasteiger partial charge in [0, 0.05) is 12.4 Å². The molecule has 0 radical (unpaired) electrons. The van der Waals surface area contributed by atoms with Gasteiger partial charge in [0.2, 0.25) is 0 Å². The molecule has 102 valence electrons. The van der Waals surface area contributed by atoms with Crippen molar-refractivity contribution in [1.82, 2.24) is 14.9 Å². The number of hydrogen-bond donors (Lipinski definition) is 1. The summed E-state index contributed by atoms with van der Waals surface area (Å²) in [4.78, 5) is 4.33. The maximum atomic E-state index is 5.71. The van der Waals surface area contributed by atoms with Crippen molar-refractivity contribution in [2.24, 2.45) is 0 Å². The van der Waals surface area contributed by atoms with E-state index in [1.54, 1.807) is 0 Å². The van der Waals surface area contributed by atoms with Gasteiger partial charge in [-0.25, -0.2) is 4.98 Å². The Hall–Kier alpha value is -1.65. The summed E-state index contributed by atoms with van der Waals surface area (Å²) in [6.07, 6.45) is 4.90. The molecule has 0 atom stereocenters. The van der Waals surface area contributed by atoms with Crippen LogP contribution in [0.25, 0.3) is 0 Å². The van der Waals surface area contributed by atoms with Crippen LogP contribution in [-0.2, 0) is 24.6 Å². The third-order valence-electron chi connectivity index (χ3n) is 2.85. The number of imidazole rings is 1. The van der Waals surface area contributed by atoms with Crippen LogP contribution >= 0.6 is 0 Å². The van der Waals surface area contributed by atoms with Crippen LogP contribution in [0.1, 0.15) is 24.7 Å². The Bertz CT molecular complexity index is 467. The molecule has 4 heteroatoms. The molecule has 2 aromatic rings. The molecule has 0 aliphatic carbocycles. The van der Waals surface area contributed by atoms with Gasteiger partial charge in [-0.15, -0.1) is 0 Å². The lowest BCUT2D eigenvalue weighted by molar-refractivity contribution is 0.0619. The third-order valence-corrected chi connectivity index (χ3v) is 2.85. The summed E-state index contributed by atoms with van der Waals surface area (Å²) in [5, 5.41) is 3.35. The van der Waals surface area contributed by atoms with Crippen LogP contribution < -0.4 is 5.32 Å². The Morgan fingerprint density at radius 3 is 2.89 bits per heavy atom. The van der Waals surface area contributed by atoms with E-state index in [-0.39, 0.29) is 0 Å². The number of hydrogen-bond acceptors (Lipinski definition) is 3. The Morgan fingerprint density at radius 2 is 2.11 bits per heavy atom. The van der Waals surface area contributed by atoms with Gasteiger partial charge in [-0.05, 0) is 18.5 Å². The fourth-order valence-electron chi connectivity index (χ4n) is 1.84. The van der Waals surface area contributed by atoms with Gasteiger partial charge in [0.05, 0.1) is 13.2 Å². The standard InChI is InChI=1S/C15H21N3O/c1-2-8-16-11-15-17-9-10-18(15)13-19-12-14-6-4-3-5-7-14/h3-7,9-10,16H,2,8,11-13H2,1H3. The first-order chi connectivity index (χ1) is 9.40. The van der Waals surface area contributed by atoms with E-state index >= 15 is 0 Å². The summed E-state index contributed by atoms with van der Waals surface area (Å²) < 4.78 is 7.74. The number of aromatic nitrogens is 2. The van der Waals surface area contributed by atoms with Crippen molar-refractivity contribution in [2.45, 2.75) is 33.2 Å². The van der Waals surface area contributed by atoms with Crippen LogP contribution in [0.2, 0.25) is 0 Å². The van der Waals surface area contributed by atoms with Crippen LogP contribution in [0, 0.1) is 0 Å². The molecule has 0 aliphatic heterocycles. The summed E-state index contributed by atoms with van der Waals surface area (Å²) in [6.45, 7) is 5.12. The van der Waals surface area contributed by atoms with Crippen molar-refractivity contribution in [3.8, 4) is 0 Å². The summed E-state index contributed by atoms with van der Waals surface area (Å²) in [6, 6.07) is 10.2. The van der Waals surface area contributed by atoms with Gasteiger partial charge in [-0.3, -0.25) is 0 Å². The van der Waals surface area contributed by atoms with Crippen LogP contribution in [0.5, 0.6) is 0 Å². The highest BCUT2D eigenvalue weighted by atomic mass is 16.5. The lowest BCUT2D eigenvalue weighted by atomic mass is 10.2. The van der Waals surface area contributed by atoms with Crippen LogP contribution in [0.4, 0.5) is 0 Å². The molecule has 0 fully saturated rings. The Balaban J connectivity index is 1.78. The minimum absolute atomic E-state index is 0.540. The van der Waals surface area contributed by atoms with Gasteiger partial charge < -0.3 is 14.6 Å². The number of ether oxygens (including phenoxy) is 1. The quantitative estimate of drug-likeness (QED) is 0.741. The SMILES string of the molecule is CCCNCc1nccn1COCc1ccccc1. The summed E-state index contributed by atoms with van der Waals surface area (Å²) in [5.41, 5.74) is 1.19. The molecule has 2 rings (SSSR count). The highest BCUT2D eigenvalue weighted by Crippen LogP contribution is 2.03. The van der Waals surface area contributed by atoms with E-state index in [9.17, 15) is 0 Å². The Labute approximate surface area is 114 Å². The zero-order chi connectivity index (χ0) is 13.3. The molecule has 0 saturated carbocycles. The van der Waals surface area contributed by atoms with E-state index in [1.165, 1.54) is 5.56 Å². The van der Waals surface area contributed by atoms with Gasteiger partial charge in [-0.2, -0.15) is 0 Å². The highest BCUT2D eigenvalue weighted by molar-refractivity contribution is 5.13. The smallest absolute Gasteiger partial charge is 0.124 e. The first-order valence-corrected chi connectivity index (χ1v) is 6.72. The maximum absolute atomic E-state index is 5.71. The molecule has 1 heterocycles. The fraction of sp³-hybridized carbons (Fsp3) is 0.400. The van der Waals surface area contributed by atoms with Crippen LogP contribution in [0.15, 0.2) is 42.7 Å². The van der Waals surface area contributed by atoms with Gasteiger partial charge in [0.15, 0.2) is 0 Å². The van der Waals surface area contributed by atoms with Crippen molar-refractivity contribution in [2.75, 3.05) is 6.54 Å². The number of nitrogens with one attached hydrogen (secondary N) is 1. The van der Waals surface area contributed by atoms with Gasteiger partial charge >= 0.3 is 0 Å². The number of benzene rings is 1. The molecular formula is C15H21N3O. The van der Waals surface area contributed by atoms with E-state index < -0.39 is 0 Å². The van der Waals surface area contributed by atoms with E-state index in [1.807, 2.05) is 35.2 Å². The van der Waals surface area contributed by atoms with E-state index in [4.69, 9.17) is 4.74 Å².